The van der Waals surface area contributed by atoms with E-state index in [0.717, 1.165) is 21.8 Å². The van der Waals surface area contributed by atoms with Gasteiger partial charge in [-0.15, -0.1) is 0 Å². The third-order valence-corrected chi connectivity index (χ3v) is 3.98. The quantitative estimate of drug-likeness (QED) is 0.589. The van der Waals surface area contributed by atoms with E-state index in [9.17, 15) is 30.4 Å². The van der Waals surface area contributed by atoms with Gasteiger partial charge in [-0.3, -0.25) is 20.2 Å². The van der Waals surface area contributed by atoms with Gasteiger partial charge in [-0.1, -0.05) is 6.92 Å². The van der Waals surface area contributed by atoms with E-state index in [4.69, 9.17) is 0 Å². The minimum absolute atomic E-state index is 0.0819. The van der Waals surface area contributed by atoms with Gasteiger partial charge in [0.1, 0.15) is 12.4 Å². The molecule has 0 spiro atoms. The zero-order chi connectivity index (χ0) is 17.2. The van der Waals surface area contributed by atoms with E-state index in [1.54, 1.807) is 0 Å². The molecule has 12 nitrogen and oxygen atoms in total. The average Bonchev–Trinajstić information content (AvgIpc) is 3.10. The van der Waals surface area contributed by atoms with Crippen LogP contribution in [0, 0.1) is 20.2 Å². The fourth-order valence-corrected chi connectivity index (χ4v) is 2.89. The van der Waals surface area contributed by atoms with Crippen molar-refractivity contribution < 1.29 is 20.1 Å². The van der Waals surface area contributed by atoms with Crippen molar-refractivity contribution >= 4 is 11.4 Å². The summed E-state index contributed by atoms with van der Waals surface area (Å²) in [7, 11) is 0. The largest absolute Gasteiger partial charge is 0.364 e. The molecular formula is C11H12N6O6. The van der Waals surface area contributed by atoms with Gasteiger partial charge in [0.25, 0.3) is 0 Å². The number of aliphatic hydroxyl groups is 2. The molecule has 0 saturated carbocycles. The van der Waals surface area contributed by atoms with Crippen LogP contribution in [0.3, 0.4) is 0 Å². The first-order chi connectivity index (χ1) is 10.7. The standard InChI is InChI=1S/C11H12N6O6/c1-3-11(19)9-7(17(22)23)5-12-14(9)10(2,18)8-6(16(20)21)4-13-15(8)11/h4-5,18-19H,3H2,1-2H3/t10-,11-/m1/s1. The van der Waals surface area contributed by atoms with E-state index < -0.39 is 32.7 Å². The summed E-state index contributed by atoms with van der Waals surface area (Å²) >= 11 is 0. The predicted octanol–water partition coefficient (Wildman–Crippen LogP) is 0.0261. The molecule has 2 aromatic rings. The van der Waals surface area contributed by atoms with Gasteiger partial charge in [0.15, 0.2) is 11.4 Å². The maximum atomic E-state index is 11.2. The molecule has 23 heavy (non-hydrogen) atoms. The molecule has 1 aliphatic heterocycles. The summed E-state index contributed by atoms with van der Waals surface area (Å²) in [6, 6.07) is 0. The number of nitro groups is 2. The van der Waals surface area contributed by atoms with E-state index in [1.165, 1.54) is 13.8 Å². The molecular weight excluding hydrogens is 312 g/mol. The first-order valence-corrected chi connectivity index (χ1v) is 6.57. The van der Waals surface area contributed by atoms with Crippen molar-refractivity contribution in [2.75, 3.05) is 0 Å². The third-order valence-electron chi connectivity index (χ3n) is 3.98. The second-order valence-electron chi connectivity index (χ2n) is 5.29. The van der Waals surface area contributed by atoms with Crippen molar-refractivity contribution in [3.05, 3.63) is 44.0 Å². The van der Waals surface area contributed by atoms with E-state index >= 15 is 0 Å². The molecule has 1 aliphatic rings. The van der Waals surface area contributed by atoms with Crippen molar-refractivity contribution in [3.8, 4) is 0 Å². The Labute approximate surface area is 127 Å². The van der Waals surface area contributed by atoms with Gasteiger partial charge in [-0.05, 0) is 6.92 Å². The van der Waals surface area contributed by atoms with Crippen LogP contribution in [0.15, 0.2) is 12.4 Å². The zero-order valence-corrected chi connectivity index (χ0v) is 12.1. The first kappa shape index (κ1) is 15.1. The Balaban J connectivity index is 2.43. The molecule has 2 atom stereocenters. The number of hydrogen-bond acceptors (Lipinski definition) is 8. The molecule has 3 heterocycles. The normalized spacial score (nSPS) is 25.7. The van der Waals surface area contributed by atoms with E-state index in [0.29, 0.717) is 0 Å². The summed E-state index contributed by atoms with van der Waals surface area (Å²) in [5.74, 6) is 0. The number of aromatic nitrogens is 4. The van der Waals surface area contributed by atoms with Crippen LogP contribution in [-0.4, -0.2) is 39.6 Å². The Morgan fingerprint density at radius 3 is 2.04 bits per heavy atom. The lowest BCUT2D eigenvalue weighted by Gasteiger charge is -2.38. The van der Waals surface area contributed by atoms with Gasteiger partial charge < -0.3 is 10.2 Å². The monoisotopic (exact) mass is 324 g/mol. The number of fused-ring (bicyclic) bond motifs is 2. The molecule has 122 valence electrons. The summed E-state index contributed by atoms with van der Waals surface area (Å²) in [6.45, 7) is 2.71. The lowest BCUT2D eigenvalue weighted by molar-refractivity contribution is -0.389. The fraction of sp³-hybridized carbons (Fsp3) is 0.455. The van der Waals surface area contributed by atoms with Crippen LogP contribution in [0.5, 0.6) is 0 Å². The van der Waals surface area contributed by atoms with E-state index in [-0.39, 0.29) is 17.8 Å². The molecule has 12 heteroatoms. The molecule has 3 rings (SSSR count). The van der Waals surface area contributed by atoms with E-state index in [1.807, 2.05) is 0 Å². The summed E-state index contributed by atoms with van der Waals surface area (Å²) in [5, 5.41) is 51.5. The van der Waals surface area contributed by atoms with Gasteiger partial charge >= 0.3 is 11.4 Å². The fourth-order valence-electron chi connectivity index (χ4n) is 2.89. The summed E-state index contributed by atoms with van der Waals surface area (Å²) in [4.78, 5) is 20.9. The van der Waals surface area contributed by atoms with Gasteiger partial charge in [0, 0.05) is 6.42 Å². The van der Waals surface area contributed by atoms with Gasteiger partial charge in [0.2, 0.25) is 11.4 Å². The second kappa shape index (κ2) is 4.33. The van der Waals surface area contributed by atoms with Crippen molar-refractivity contribution in [1.82, 2.24) is 19.6 Å². The van der Waals surface area contributed by atoms with Crippen LogP contribution < -0.4 is 0 Å². The van der Waals surface area contributed by atoms with Crippen LogP contribution in [0.1, 0.15) is 31.7 Å². The predicted molar refractivity (Wildman–Crippen MR) is 72.3 cm³/mol. The Kier molecular flexibility index (Phi) is 2.83. The summed E-state index contributed by atoms with van der Waals surface area (Å²) in [5.41, 5.74) is -5.78. The van der Waals surface area contributed by atoms with Crippen molar-refractivity contribution in [2.45, 2.75) is 31.7 Å². The molecule has 2 N–H and O–H groups in total. The average molecular weight is 324 g/mol. The smallest absolute Gasteiger partial charge is 0.315 e. The van der Waals surface area contributed by atoms with Gasteiger partial charge in [-0.2, -0.15) is 10.2 Å². The molecule has 0 fully saturated rings. The zero-order valence-electron chi connectivity index (χ0n) is 12.1. The molecule has 0 bridgehead atoms. The Hall–Kier alpha value is -2.86. The third kappa shape index (κ3) is 1.66. The number of rotatable bonds is 3. The summed E-state index contributed by atoms with van der Waals surface area (Å²) in [6.07, 6.45) is 1.67. The molecule has 0 aromatic carbocycles. The van der Waals surface area contributed by atoms with Crippen molar-refractivity contribution in [3.63, 3.8) is 0 Å². The Morgan fingerprint density at radius 2 is 1.57 bits per heavy atom. The van der Waals surface area contributed by atoms with Crippen LogP contribution in [0.2, 0.25) is 0 Å². The SMILES string of the molecule is CC[C@@]1(O)c2c([N+](=O)[O-])cnn2[C@](C)(O)c2c([N+](=O)[O-])cnn21. The highest BCUT2D eigenvalue weighted by Gasteiger charge is 2.55. The second-order valence-corrected chi connectivity index (χ2v) is 5.29. The minimum atomic E-state index is -2.09. The molecule has 0 saturated heterocycles. The number of nitrogens with zero attached hydrogens (tertiary/aromatic N) is 6. The number of hydrogen-bond donors (Lipinski definition) is 2. The van der Waals surface area contributed by atoms with Gasteiger partial charge in [-0.25, -0.2) is 9.36 Å². The topological polar surface area (TPSA) is 162 Å². The van der Waals surface area contributed by atoms with Crippen molar-refractivity contribution in [1.29, 1.82) is 0 Å². The lowest BCUT2D eigenvalue weighted by Crippen LogP contribution is -2.51. The maximum absolute atomic E-state index is 11.2. The summed E-state index contributed by atoms with van der Waals surface area (Å²) < 4.78 is 1.66. The highest BCUT2D eigenvalue weighted by molar-refractivity contribution is 5.47. The highest BCUT2D eigenvalue weighted by atomic mass is 16.6. The van der Waals surface area contributed by atoms with E-state index in [2.05, 4.69) is 10.2 Å². The van der Waals surface area contributed by atoms with Crippen LogP contribution in [0.25, 0.3) is 0 Å². The van der Waals surface area contributed by atoms with Crippen LogP contribution in [-0.2, 0) is 11.4 Å². The van der Waals surface area contributed by atoms with Gasteiger partial charge in [0.05, 0.1) is 9.85 Å². The molecule has 0 radical (unpaired) electrons. The molecule has 0 amide bonds. The van der Waals surface area contributed by atoms with Crippen LogP contribution in [0.4, 0.5) is 11.4 Å². The van der Waals surface area contributed by atoms with Crippen LogP contribution >= 0.6 is 0 Å². The molecule has 0 aliphatic carbocycles. The lowest BCUT2D eigenvalue weighted by atomic mass is 9.98. The first-order valence-electron chi connectivity index (χ1n) is 6.57. The van der Waals surface area contributed by atoms with Crippen molar-refractivity contribution in [2.24, 2.45) is 0 Å². The maximum Gasteiger partial charge on any atom is 0.315 e. The molecule has 0 unspecified atom stereocenters. The Bertz CT molecular complexity index is 838. The highest BCUT2D eigenvalue weighted by Crippen LogP contribution is 2.45. The molecule has 2 aromatic heterocycles. The minimum Gasteiger partial charge on any atom is -0.364 e. The Morgan fingerprint density at radius 1 is 1.09 bits per heavy atom.